The Labute approximate surface area is 147 Å². The van der Waals surface area contributed by atoms with Gasteiger partial charge >= 0.3 is 12.6 Å². The Kier molecular flexibility index (Phi) is 6.60. The van der Waals surface area contributed by atoms with Gasteiger partial charge in [-0.25, -0.2) is 4.79 Å². The molecule has 136 valence electrons. The highest BCUT2D eigenvalue weighted by Gasteiger charge is 2.18. The van der Waals surface area contributed by atoms with E-state index >= 15 is 0 Å². The van der Waals surface area contributed by atoms with Gasteiger partial charge in [-0.3, -0.25) is 0 Å². The quantitative estimate of drug-likeness (QED) is 0.647. The smallest absolute Gasteiger partial charge is 0.387 e. The third-order valence-corrected chi connectivity index (χ3v) is 3.30. The normalized spacial score (nSPS) is 10.8. The lowest BCUT2D eigenvalue weighted by Crippen LogP contribution is -2.06. The van der Waals surface area contributed by atoms with Crippen LogP contribution in [0.5, 0.6) is 11.5 Å². The van der Waals surface area contributed by atoms with Crippen LogP contribution in [-0.2, 0) is 22.7 Å². The lowest BCUT2D eigenvalue weighted by molar-refractivity contribution is -0.0511. The van der Waals surface area contributed by atoms with Crippen molar-refractivity contribution in [1.29, 1.82) is 0 Å². The lowest BCUT2D eigenvalue weighted by Gasteiger charge is -2.13. The second-order valence-corrected chi connectivity index (χ2v) is 5.17. The number of furan rings is 1. The number of ether oxygens (including phenoxy) is 4. The predicted octanol–water partition coefficient (Wildman–Crippen LogP) is 4.05. The molecule has 0 saturated heterocycles. The molecule has 0 unspecified atom stereocenters. The summed E-state index contributed by atoms with van der Waals surface area (Å²) in [5.74, 6) is -0.482. The fourth-order valence-corrected chi connectivity index (χ4v) is 2.27. The molecule has 0 saturated carbocycles. The minimum atomic E-state index is -3.05. The first-order valence-corrected chi connectivity index (χ1v) is 7.38. The third kappa shape index (κ3) is 5.07. The average molecular weight is 377 g/mol. The largest absolute Gasteiger partial charge is 0.493 e. The number of hydrogen-bond acceptors (Lipinski definition) is 6. The Morgan fingerprint density at radius 1 is 1.24 bits per heavy atom. The molecule has 0 atom stereocenters. The monoisotopic (exact) mass is 376 g/mol. The second kappa shape index (κ2) is 8.68. The van der Waals surface area contributed by atoms with Crippen LogP contribution < -0.4 is 9.47 Å². The van der Waals surface area contributed by atoms with Crippen molar-refractivity contribution in [3.8, 4) is 11.5 Å². The molecule has 1 aromatic heterocycles. The number of hydrogen-bond donors (Lipinski definition) is 0. The molecule has 2 rings (SSSR count). The van der Waals surface area contributed by atoms with E-state index in [9.17, 15) is 13.6 Å². The average Bonchev–Trinajstić information content (AvgIpc) is 3.03. The molecule has 1 aromatic carbocycles. The minimum Gasteiger partial charge on any atom is -0.493 e. The molecule has 0 aliphatic heterocycles. The molecule has 0 N–H and O–H groups in total. The van der Waals surface area contributed by atoms with Crippen LogP contribution in [0, 0.1) is 0 Å². The van der Waals surface area contributed by atoms with E-state index in [1.165, 1.54) is 32.4 Å². The summed E-state index contributed by atoms with van der Waals surface area (Å²) in [5, 5.41) is -0.0916. The molecule has 0 spiro atoms. The van der Waals surface area contributed by atoms with Crippen LogP contribution in [-0.4, -0.2) is 26.8 Å². The summed E-state index contributed by atoms with van der Waals surface area (Å²) >= 11 is 5.92. The Morgan fingerprint density at radius 2 is 2.00 bits per heavy atom. The van der Waals surface area contributed by atoms with Crippen molar-refractivity contribution >= 4 is 17.6 Å². The Morgan fingerprint density at radius 3 is 2.64 bits per heavy atom. The SMILES string of the molecule is COCc1ccc(C(=O)OCc2cc(Cl)c(OC(F)F)c(OC)c2)o1. The van der Waals surface area contributed by atoms with Gasteiger partial charge in [0.1, 0.15) is 19.0 Å². The van der Waals surface area contributed by atoms with Gasteiger partial charge in [0.05, 0.1) is 12.1 Å². The Balaban J connectivity index is 2.06. The van der Waals surface area contributed by atoms with Crippen LogP contribution in [0.4, 0.5) is 8.78 Å². The van der Waals surface area contributed by atoms with Crippen molar-refractivity contribution in [2.45, 2.75) is 19.8 Å². The molecule has 0 aliphatic rings. The zero-order valence-corrected chi connectivity index (χ0v) is 14.1. The van der Waals surface area contributed by atoms with E-state index in [0.29, 0.717) is 11.3 Å². The van der Waals surface area contributed by atoms with Crippen molar-refractivity contribution in [3.05, 3.63) is 46.4 Å². The lowest BCUT2D eigenvalue weighted by atomic mass is 10.2. The standard InChI is InChI=1S/C16H15ClF2O6/c1-21-8-10-3-4-12(24-10)15(20)23-7-9-5-11(17)14(25-16(18)19)13(6-9)22-2/h3-6,16H,7-8H2,1-2H3. The third-order valence-electron chi connectivity index (χ3n) is 3.02. The van der Waals surface area contributed by atoms with Gasteiger partial charge in [-0.1, -0.05) is 11.6 Å². The van der Waals surface area contributed by atoms with Gasteiger partial charge in [-0.05, 0) is 29.8 Å². The van der Waals surface area contributed by atoms with Gasteiger partial charge in [-0.2, -0.15) is 8.78 Å². The van der Waals surface area contributed by atoms with E-state index in [0.717, 1.165) is 0 Å². The maximum atomic E-state index is 12.4. The molecule has 0 aliphatic carbocycles. The molecule has 2 aromatic rings. The number of alkyl halides is 2. The van der Waals surface area contributed by atoms with Crippen molar-refractivity contribution in [3.63, 3.8) is 0 Å². The molecule has 0 amide bonds. The van der Waals surface area contributed by atoms with Crippen LogP contribution in [0.25, 0.3) is 0 Å². The number of carbonyl (C=O) groups is 1. The first kappa shape index (κ1) is 19.0. The number of esters is 1. The van der Waals surface area contributed by atoms with Crippen molar-refractivity contribution in [2.24, 2.45) is 0 Å². The van der Waals surface area contributed by atoms with Crippen molar-refractivity contribution in [1.82, 2.24) is 0 Å². The number of benzene rings is 1. The molecule has 1 heterocycles. The van der Waals surface area contributed by atoms with Gasteiger partial charge in [0.25, 0.3) is 0 Å². The van der Waals surface area contributed by atoms with Crippen LogP contribution in [0.15, 0.2) is 28.7 Å². The summed E-state index contributed by atoms with van der Waals surface area (Å²) < 4.78 is 49.3. The predicted molar refractivity (Wildman–Crippen MR) is 83.2 cm³/mol. The van der Waals surface area contributed by atoms with Crippen LogP contribution >= 0.6 is 11.6 Å². The van der Waals surface area contributed by atoms with E-state index in [1.807, 2.05) is 0 Å². The van der Waals surface area contributed by atoms with E-state index in [4.69, 9.17) is 30.2 Å². The molecule has 9 heteroatoms. The zero-order valence-electron chi connectivity index (χ0n) is 13.4. The van der Waals surface area contributed by atoms with Crippen molar-refractivity contribution in [2.75, 3.05) is 14.2 Å². The summed E-state index contributed by atoms with van der Waals surface area (Å²) in [5.41, 5.74) is 0.431. The van der Waals surface area contributed by atoms with E-state index in [-0.39, 0.29) is 35.5 Å². The number of carbonyl (C=O) groups excluding carboxylic acids is 1. The second-order valence-electron chi connectivity index (χ2n) is 4.76. The fraction of sp³-hybridized carbons (Fsp3) is 0.312. The molecular formula is C16H15ClF2O6. The van der Waals surface area contributed by atoms with E-state index in [2.05, 4.69) is 4.74 Å². The first-order valence-electron chi connectivity index (χ1n) is 7.00. The molecular weight excluding hydrogens is 362 g/mol. The zero-order chi connectivity index (χ0) is 18.4. The summed E-state index contributed by atoms with van der Waals surface area (Å²) in [6.07, 6.45) is 0. The van der Waals surface area contributed by atoms with Gasteiger partial charge in [0, 0.05) is 7.11 Å². The number of halogens is 3. The highest BCUT2D eigenvalue weighted by atomic mass is 35.5. The summed E-state index contributed by atoms with van der Waals surface area (Å²) in [6, 6.07) is 5.78. The van der Waals surface area contributed by atoms with Crippen molar-refractivity contribution < 1.29 is 36.9 Å². The molecule has 0 bridgehead atoms. The van der Waals surface area contributed by atoms with Gasteiger partial charge in [-0.15, -0.1) is 0 Å². The highest BCUT2D eigenvalue weighted by molar-refractivity contribution is 6.32. The van der Waals surface area contributed by atoms with Crippen LogP contribution in [0.1, 0.15) is 21.9 Å². The minimum absolute atomic E-state index is 0.000714. The summed E-state index contributed by atoms with van der Waals surface area (Å²) in [4.78, 5) is 11.9. The van der Waals surface area contributed by atoms with Crippen LogP contribution in [0.2, 0.25) is 5.02 Å². The molecule has 25 heavy (non-hydrogen) atoms. The highest BCUT2D eigenvalue weighted by Crippen LogP contribution is 2.37. The molecule has 0 radical (unpaired) electrons. The maximum Gasteiger partial charge on any atom is 0.387 e. The Hall–Kier alpha value is -2.32. The number of methoxy groups -OCH3 is 2. The Bertz CT molecular complexity index is 731. The van der Waals surface area contributed by atoms with E-state index < -0.39 is 12.6 Å². The molecule has 0 fully saturated rings. The first-order chi connectivity index (χ1) is 11.9. The van der Waals surface area contributed by atoms with Gasteiger partial charge in [0.2, 0.25) is 5.76 Å². The number of rotatable bonds is 8. The maximum absolute atomic E-state index is 12.4. The summed E-state index contributed by atoms with van der Waals surface area (Å²) in [7, 11) is 2.78. The van der Waals surface area contributed by atoms with Gasteiger partial charge < -0.3 is 23.4 Å². The van der Waals surface area contributed by atoms with Gasteiger partial charge in [0.15, 0.2) is 11.5 Å². The topological polar surface area (TPSA) is 67.1 Å². The van der Waals surface area contributed by atoms with E-state index in [1.54, 1.807) is 6.07 Å². The van der Waals surface area contributed by atoms with Crippen LogP contribution in [0.3, 0.4) is 0 Å². The molecule has 6 nitrogen and oxygen atoms in total. The summed E-state index contributed by atoms with van der Waals surface area (Å²) in [6.45, 7) is -2.98. The fourth-order valence-electron chi connectivity index (χ4n) is 1.99.